The van der Waals surface area contributed by atoms with Gasteiger partial charge in [0.05, 0.1) is 6.61 Å². The largest absolute Gasteiger partial charge is 0.478 e. The number of nitrogens with zero attached hydrogens (tertiary/aromatic N) is 1. The standard InChI is InChI=1S/C13H22N2O/c1-5-16-12-8-6-7-10(15-12)9-11(14)13(2,3)4/h6-8,11H,5,9,14H2,1-4H3. The number of aromatic nitrogens is 1. The van der Waals surface area contributed by atoms with Gasteiger partial charge >= 0.3 is 0 Å². The summed E-state index contributed by atoms with van der Waals surface area (Å²) < 4.78 is 5.36. The second kappa shape index (κ2) is 5.30. The molecule has 1 heterocycles. The lowest BCUT2D eigenvalue weighted by atomic mass is 9.85. The molecule has 0 aromatic carbocycles. The molecule has 3 nitrogen and oxygen atoms in total. The predicted molar refractivity (Wildman–Crippen MR) is 66.5 cm³/mol. The Hall–Kier alpha value is -1.09. The van der Waals surface area contributed by atoms with E-state index in [1.807, 2.05) is 25.1 Å². The van der Waals surface area contributed by atoms with Crippen LogP contribution in [0.5, 0.6) is 5.88 Å². The Kier molecular flexibility index (Phi) is 4.30. The minimum Gasteiger partial charge on any atom is -0.478 e. The summed E-state index contributed by atoms with van der Waals surface area (Å²) in [6.07, 6.45) is 0.782. The Bertz CT molecular complexity index is 331. The van der Waals surface area contributed by atoms with E-state index in [1.165, 1.54) is 0 Å². The van der Waals surface area contributed by atoms with Crippen LogP contribution in [-0.2, 0) is 6.42 Å². The molecule has 1 atom stereocenters. The lowest BCUT2D eigenvalue weighted by Gasteiger charge is -2.26. The van der Waals surface area contributed by atoms with Crippen molar-refractivity contribution >= 4 is 0 Å². The van der Waals surface area contributed by atoms with Crippen LogP contribution in [0, 0.1) is 5.41 Å². The van der Waals surface area contributed by atoms with E-state index in [0.29, 0.717) is 12.5 Å². The summed E-state index contributed by atoms with van der Waals surface area (Å²) in [6, 6.07) is 5.93. The van der Waals surface area contributed by atoms with E-state index in [0.717, 1.165) is 12.1 Å². The number of pyridine rings is 1. The fraction of sp³-hybridized carbons (Fsp3) is 0.615. The molecule has 0 radical (unpaired) electrons. The SMILES string of the molecule is CCOc1cccc(CC(N)C(C)(C)C)n1. The first kappa shape index (κ1) is 13.0. The van der Waals surface area contributed by atoms with Crippen LogP contribution in [0.3, 0.4) is 0 Å². The molecule has 0 spiro atoms. The van der Waals surface area contributed by atoms with Crippen LogP contribution in [-0.4, -0.2) is 17.6 Å². The van der Waals surface area contributed by atoms with Gasteiger partial charge in [-0.1, -0.05) is 26.8 Å². The number of nitrogens with two attached hydrogens (primary N) is 1. The molecule has 3 heteroatoms. The Morgan fingerprint density at radius 1 is 1.38 bits per heavy atom. The Morgan fingerprint density at radius 3 is 2.62 bits per heavy atom. The maximum absolute atomic E-state index is 6.13. The third kappa shape index (κ3) is 3.81. The summed E-state index contributed by atoms with van der Waals surface area (Å²) in [5.74, 6) is 0.682. The third-order valence-electron chi connectivity index (χ3n) is 2.61. The Balaban J connectivity index is 2.70. The van der Waals surface area contributed by atoms with Gasteiger partial charge in [0, 0.05) is 24.2 Å². The van der Waals surface area contributed by atoms with Gasteiger partial charge in [-0.25, -0.2) is 4.98 Å². The van der Waals surface area contributed by atoms with Crippen molar-refractivity contribution in [1.29, 1.82) is 0 Å². The maximum Gasteiger partial charge on any atom is 0.213 e. The molecule has 1 rings (SSSR count). The average molecular weight is 222 g/mol. The Labute approximate surface area is 98.0 Å². The van der Waals surface area contributed by atoms with Gasteiger partial charge in [0.2, 0.25) is 5.88 Å². The molecule has 1 unspecified atom stereocenters. The quantitative estimate of drug-likeness (QED) is 0.851. The predicted octanol–water partition coefficient (Wildman–Crippen LogP) is 2.40. The number of ether oxygens (including phenoxy) is 1. The van der Waals surface area contributed by atoms with E-state index in [9.17, 15) is 0 Å². The minimum atomic E-state index is 0.100. The lowest BCUT2D eigenvalue weighted by Crippen LogP contribution is -2.37. The fourth-order valence-corrected chi connectivity index (χ4v) is 1.33. The first-order valence-corrected chi connectivity index (χ1v) is 5.77. The molecule has 0 aliphatic carbocycles. The molecule has 0 saturated heterocycles. The minimum absolute atomic E-state index is 0.100. The van der Waals surface area contributed by atoms with Crippen molar-refractivity contribution in [2.45, 2.75) is 40.2 Å². The molecular formula is C13H22N2O. The monoisotopic (exact) mass is 222 g/mol. The van der Waals surface area contributed by atoms with Gasteiger partial charge in [-0.15, -0.1) is 0 Å². The van der Waals surface area contributed by atoms with Gasteiger partial charge in [0.1, 0.15) is 0 Å². The molecule has 16 heavy (non-hydrogen) atoms. The topological polar surface area (TPSA) is 48.1 Å². The van der Waals surface area contributed by atoms with Crippen molar-refractivity contribution in [3.8, 4) is 5.88 Å². The van der Waals surface area contributed by atoms with Crippen LogP contribution in [0.25, 0.3) is 0 Å². The zero-order valence-corrected chi connectivity index (χ0v) is 10.7. The summed E-state index contributed by atoms with van der Waals surface area (Å²) in [5.41, 5.74) is 7.22. The molecule has 1 aromatic heterocycles. The van der Waals surface area contributed by atoms with Gasteiger partial charge < -0.3 is 10.5 Å². The van der Waals surface area contributed by atoms with Crippen molar-refractivity contribution in [3.63, 3.8) is 0 Å². The van der Waals surface area contributed by atoms with Crippen molar-refractivity contribution in [2.24, 2.45) is 11.1 Å². The van der Waals surface area contributed by atoms with Crippen LogP contribution < -0.4 is 10.5 Å². The molecule has 1 aromatic rings. The fourth-order valence-electron chi connectivity index (χ4n) is 1.33. The van der Waals surface area contributed by atoms with Gasteiger partial charge in [0.25, 0.3) is 0 Å². The molecular weight excluding hydrogens is 200 g/mol. The molecule has 0 amide bonds. The normalized spacial score (nSPS) is 13.6. The van der Waals surface area contributed by atoms with E-state index in [1.54, 1.807) is 0 Å². The molecule has 0 aliphatic heterocycles. The first-order valence-electron chi connectivity index (χ1n) is 5.77. The van der Waals surface area contributed by atoms with Crippen LogP contribution in [0.4, 0.5) is 0 Å². The van der Waals surface area contributed by atoms with E-state index in [2.05, 4.69) is 25.8 Å². The average Bonchev–Trinajstić information content (AvgIpc) is 2.17. The van der Waals surface area contributed by atoms with Gasteiger partial charge in [0.15, 0.2) is 0 Å². The molecule has 0 saturated carbocycles. The summed E-state index contributed by atoms with van der Waals surface area (Å²) in [7, 11) is 0. The molecule has 90 valence electrons. The highest BCUT2D eigenvalue weighted by molar-refractivity contribution is 5.16. The van der Waals surface area contributed by atoms with Gasteiger partial charge in [-0.05, 0) is 18.4 Å². The smallest absolute Gasteiger partial charge is 0.213 e. The molecule has 0 fully saturated rings. The number of hydrogen-bond acceptors (Lipinski definition) is 3. The van der Waals surface area contributed by atoms with E-state index < -0.39 is 0 Å². The second-order valence-electron chi connectivity index (χ2n) is 5.08. The molecule has 0 aliphatic rings. The van der Waals surface area contributed by atoms with Crippen LogP contribution in [0.15, 0.2) is 18.2 Å². The summed E-state index contributed by atoms with van der Waals surface area (Å²) in [4.78, 5) is 4.41. The van der Waals surface area contributed by atoms with Crippen LogP contribution in [0.1, 0.15) is 33.4 Å². The lowest BCUT2D eigenvalue weighted by molar-refractivity contribution is 0.310. The summed E-state index contributed by atoms with van der Waals surface area (Å²) in [6.45, 7) is 9.02. The van der Waals surface area contributed by atoms with Gasteiger partial charge in [-0.3, -0.25) is 0 Å². The second-order valence-corrected chi connectivity index (χ2v) is 5.08. The zero-order chi connectivity index (χ0) is 12.2. The van der Waals surface area contributed by atoms with Crippen molar-refractivity contribution in [2.75, 3.05) is 6.61 Å². The zero-order valence-electron chi connectivity index (χ0n) is 10.7. The van der Waals surface area contributed by atoms with E-state index in [-0.39, 0.29) is 11.5 Å². The highest BCUT2D eigenvalue weighted by atomic mass is 16.5. The highest BCUT2D eigenvalue weighted by Gasteiger charge is 2.21. The van der Waals surface area contributed by atoms with E-state index >= 15 is 0 Å². The highest BCUT2D eigenvalue weighted by Crippen LogP contribution is 2.20. The maximum atomic E-state index is 6.13. The van der Waals surface area contributed by atoms with Crippen molar-refractivity contribution in [3.05, 3.63) is 23.9 Å². The van der Waals surface area contributed by atoms with Crippen molar-refractivity contribution < 1.29 is 4.74 Å². The van der Waals surface area contributed by atoms with Gasteiger partial charge in [-0.2, -0.15) is 0 Å². The molecule has 0 bridgehead atoms. The Morgan fingerprint density at radius 2 is 2.06 bits per heavy atom. The first-order chi connectivity index (χ1) is 7.43. The third-order valence-corrected chi connectivity index (χ3v) is 2.61. The van der Waals surface area contributed by atoms with E-state index in [4.69, 9.17) is 10.5 Å². The summed E-state index contributed by atoms with van der Waals surface area (Å²) in [5, 5.41) is 0. The number of rotatable bonds is 4. The van der Waals surface area contributed by atoms with Crippen LogP contribution in [0.2, 0.25) is 0 Å². The van der Waals surface area contributed by atoms with Crippen molar-refractivity contribution in [1.82, 2.24) is 4.98 Å². The summed E-state index contributed by atoms with van der Waals surface area (Å²) >= 11 is 0. The van der Waals surface area contributed by atoms with Crippen LogP contribution >= 0.6 is 0 Å². The molecule has 2 N–H and O–H groups in total. The number of hydrogen-bond donors (Lipinski definition) is 1.